The van der Waals surface area contributed by atoms with E-state index in [2.05, 4.69) is 29.3 Å². The van der Waals surface area contributed by atoms with E-state index >= 15 is 0 Å². The number of likely N-dealkylation sites (N-methyl/N-ethyl adjacent to an activating group) is 1. The third-order valence-corrected chi connectivity index (χ3v) is 6.23. The number of nitrogens with one attached hydrogen (secondary N) is 2. The smallest absolute Gasteiger partial charge is 0.235 e. The summed E-state index contributed by atoms with van der Waals surface area (Å²) in [5, 5.41) is 15.2. The number of benzene rings is 1. The molecular formula is C18H25N5O2S+2. The average Bonchev–Trinajstić information content (AvgIpc) is 3.15. The van der Waals surface area contributed by atoms with Crippen LogP contribution in [0.15, 0.2) is 24.3 Å². The molecule has 1 aromatic carbocycles. The second-order valence-corrected chi connectivity index (χ2v) is 7.98. The average molecular weight is 375 g/mol. The molecule has 3 aromatic rings. The van der Waals surface area contributed by atoms with Gasteiger partial charge in [0.1, 0.15) is 42.6 Å². The molecule has 1 atom stereocenters. The highest BCUT2D eigenvalue weighted by molar-refractivity contribution is 7.17. The van der Waals surface area contributed by atoms with Crippen molar-refractivity contribution < 1.29 is 19.6 Å². The Hall–Kier alpha value is -2.16. The van der Waals surface area contributed by atoms with E-state index in [1.807, 2.05) is 19.1 Å². The zero-order valence-electron chi connectivity index (χ0n) is 15.3. The lowest BCUT2D eigenvalue weighted by Gasteiger charge is -2.33. The Morgan fingerprint density at radius 2 is 2.04 bits per heavy atom. The van der Waals surface area contributed by atoms with E-state index in [-0.39, 0.29) is 11.9 Å². The second kappa shape index (κ2) is 6.86. The summed E-state index contributed by atoms with van der Waals surface area (Å²) in [5.41, 5.74) is 1.15. The number of aromatic nitrogens is 3. The molecule has 0 radical (unpaired) electrons. The number of quaternary nitrogens is 2. The molecule has 1 saturated heterocycles. The lowest BCUT2D eigenvalue weighted by molar-refractivity contribution is -1.02. The van der Waals surface area contributed by atoms with Crippen LogP contribution in [0.4, 0.5) is 0 Å². The topological polar surface area (TPSA) is 68.5 Å². The predicted molar refractivity (Wildman–Crippen MR) is 99.4 cm³/mol. The molecule has 2 aromatic heterocycles. The molecule has 138 valence electrons. The fraction of sp³-hybridized carbons (Fsp3) is 0.444. The molecule has 3 heterocycles. The first kappa shape index (κ1) is 17.3. The molecular weight excluding hydrogens is 350 g/mol. The fourth-order valence-electron chi connectivity index (χ4n) is 3.72. The van der Waals surface area contributed by atoms with Gasteiger partial charge in [0, 0.05) is 5.56 Å². The van der Waals surface area contributed by atoms with E-state index < -0.39 is 0 Å². The quantitative estimate of drug-likeness (QED) is 0.565. The Bertz CT molecular complexity index is 914. The summed E-state index contributed by atoms with van der Waals surface area (Å²) in [5.74, 6) is 1.71. The van der Waals surface area contributed by atoms with E-state index in [4.69, 9.17) is 4.74 Å². The highest BCUT2D eigenvalue weighted by Gasteiger charge is 2.35. The van der Waals surface area contributed by atoms with Gasteiger partial charge < -0.3 is 19.6 Å². The van der Waals surface area contributed by atoms with Gasteiger partial charge in [-0.1, -0.05) is 23.5 Å². The Kier molecular flexibility index (Phi) is 4.56. The SMILES string of the molecule is COc1cccc([C@@H](c2sc3nc(C)nn3c2O)[NH+]2CC[NH+](C)CC2)c1. The lowest BCUT2D eigenvalue weighted by Crippen LogP contribution is -3.27. The van der Waals surface area contributed by atoms with Crippen LogP contribution >= 0.6 is 11.3 Å². The number of fused-ring (bicyclic) bond motifs is 1. The van der Waals surface area contributed by atoms with Crippen LogP contribution in [0.3, 0.4) is 0 Å². The van der Waals surface area contributed by atoms with E-state index in [9.17, 15) is 5.11 Å². The molecule has 0 saturated carbocycles. The van der Waals surface area contributed by atoms with Gasteiger partial charge in [0.25, 0.3) is 0 Å². The van der Waals surface area contributed by atoms with Crippen LogP contribution in [-0.4, -0.2) is 60.0 Å². The third kappa shape index (κ3) is 3.04. The molecule has 1 aliphatic rings. The largest absolute Gasteiger partial charge is 0.497 e. The minimum atomic E-state index is 0.0482. The van der Waals surface area contributed by atoms with Crippen molar-refractivity contribution in [2.24, 2.45) is 0 Å². The van der Waals surface area contributed by atoms with Crippen molar-refractivity contribution >= 4 is 16.3 Å². The van der Waals surface area contributed by atoms with E-state index in [0.29, 0.717) is 5.82 Å². The van der Waals surface area contributed by atoms with Gasteiger partial charge in [0.2, 0.25) is 10.8 Å². The minimum absolute atomic E-state index is 0.0482. The first-order valence-corrected chi connectivity index (χ1v) is 9.73. The maximum absolute atomic E-state index is 10.9. The monoisotopic (exact) mass is 375 g/mol. The van der Waals surface area contributed by atoms with Crippen molar-refractivity contribution in [2.75, 3.05) is 40.3 Å². The van der Waals surface area contributed by atoms with Gasteiger partial charge in [-0.15, -0.1) is 5.10 Å². The van der Waals surface area contributed by atoms with Crippen LogP contribution in [0.25, 0.3) is 4.96 Å². The number of methoxy groups -OCH3 is 1. The van der Waals surface area contributed by atoms with Gasteiger partial charge in [-0.2, -0.15) is 4.52 Å². The summed E-state index contributed by atoms with van der Waals surface area (Å²) >= 11 is 1.53. The number of aryl methyl sites for hydroxylation is 1. The highest BCUT2D eigenvalue weighted by Crippen LogP contribution is 2.35. The van der Waals surface area contributed by atoms with Crippen LogP contribution in [0.2, 0.25) is 0 Å². The molecule has 1 fully saturated rings. The van der Waals surface area contributed by atoms with Crippen molar-refractivity contribution in [3.63, 3.8) is 0 Å². The van der Waals surface area contributed by atoms with E-state index in [0.717, 1.165) is 47.3 Å². The summed E-state index contributed by atoms with van der Waals surface area (Å²) in [6.07, 6.45) is 0. The number of thiazole rings is 1. The molecule has 0 aliphatic carbocycles. The van der Waals surface area contributed by atoms with Gasteiger partial charge >= 0.3 is 0 Å². The number of piperazine rings is 1. The number of ether oxygens (including phenoxy) is 1. The van der Waals surface area contributed by atoms with Crippen LogP contribution in [0.5, 0.6) is 11.6 Å². The Morgan fingerprint density at radius 1 is 1.27 bits per heavy atom. The van der Waals surface area contributed by atoms with Crippen molar-refractivity contribution in [3.8, 4) is 11.6 Å². The maximum atomic E-state index is 10.9. The van der Waals surface area contributed by atoms with Crippen LogP contribution in [0.1, 0.15) is 22.3 Å². The number of rotatable bonds is 4. The van der Waals surface area contributed by atoms with Crippen molar-refractivity contribution in [2.45, 2.75) is 13.0 Å². The number of hydrogen-bond acceptors (Lipinski definition) is 5. The predicted octanol–water partition coefficient (Wildman–Crippen LogP) is -0.684. The first-order valence-electron chi connectivity index (χ1n) is 8.91. The summed E-state index contributed by atoms with van der Waals surface area (Å²) in [4.78, 5) is 9.11. The standard InChI is InChI=1S/C18H23N5O2S/c1-12-19-18-23(20-12)17(24)16(26-18)15(22-9-7-21(2)8-10-22)13-5-4-6-14(11-13)25-3/h4-6,11,15,24H,7-10H2,1-3H3/p+2/t15-/m0/s1. The molecule has 4 rings (SSSR count). The normalized spacial score (nSPS) is 21.8. The molecule has 1 aliphatic heterocycles. The Balaban J connectivity index is 1.80. The van der Waals surface area contributed by atoms with Gasteiger partial charge in [0.05, 0.1) is 14.2 Å². The molecule has 7 nitrogen and oxygen atoms in total. The van der Waals surface area contributed by atoms with Crippen molar-refractivity contribution in [1.29, 1.82) is 0 Å². The van der Waals surface area contributed by atoms with Gasteiger partial charge in [0.15, 0.2) is 6.04 Å². The van der Waals surface area contributed by atoms with Gasteiger partial charge in [-0.3, -0.25) is 0 Å². The van der Waals surface area contributed by atoms with E-state index in [1.165, 1.54) is 16.2 Å². The minimum Gasteiger partial charge on any atom is -0.497 e. The van der Waals surface area contributed by atoms with Gasteiger partial charge in [-0.05, 0) is 19.1 Å². The molecule has 26 heavy (non-hydrogen) atoms. The number of aromatic hydroxyl groups is 1. The molecule has 0 spiro atoms. The summed E-state index contributed by atoms with van der Waals surface area (Å²) in [6, 6.07) is 8.21. The summed E-state index contributed by atoms with van der Waals surface area (Å²) < 4.78 is 6.99. The number of nitrogens with zero attached hydrogens (tertiary/aromatic N) is 3. The third-order valence-electron chi connectivity index (χ3n) is 5.15. The highest BCUT2D eigenvalue weighted by atomic mass is 32.1. The van der Waals surface area contributed by atoms with Crippen LogP contribution < -0.4 is 14.5 Å². The van der Waals surface area contributed by atoms with Crippen LogP contribution in [-0.2, 0) is 0 Å². The zero-order valence-corrected chi connectivity index (χ0v) is 16.1. The maximum Gasteiger partial charge on any atom is 0.235 e. The second-order valence-electron chi connectivity index (χ2n) is 6.97. The van der Waals surface area contributed by atoms with Gasteiger partial charge in [-0.25, -0.2) is 4.98 Å². The Morgan fingerprint density at radius 3 is 2.73 bits per heavy atom. The molecule has 0 bridgehead atoms. The zero-order chi connectivity index (χ0) is 18.3. The number of hydrogen-bond donors (Lipinski definition) is 3. The van der Waals surface area contributed by atoms with Crippen LogP contribution in [0, 0.1) is 6.92 Å². The molecule has 8 heteroatoms. The lowest BCUT2D eigenvalue weighted by atomic mass is 10.0. The van der Waals surface area contributed by atoms with Crippen molar-refractivity contribution in [3.05, 3.63) is 40.5 Å². The molecule has 3 N–H and O–H groups in total. The molecule has 0 amide bonds. The Labute approximate surface area is 156 Å². The fourth-order valence-corrected chi connectivity index (χ4v) is 4.90. The van der Waals surface area contributed by atoms with Crippen molar-refractivity contribution in [1.82, 2.24) is 14.6 Å². The first-order chi connectivity index (χ1) is 12.6. The molecule has 0 unspecified atom stereocenters. The summed E-state index contributed by atoms with van der Waals surface area (Å²) in [7, 11) is 3.92. The van der Waals surface area contributed by atoms with E-state index in [1.54, 1.807) is 16.5 Å². The summed E-state index contributed by atoms with van der Waals surface area (Å²) in [6.45, 7) is 6.19.